The van der Waals surface area contributed by atoms with E-state index in [-0.39, 0.29) is 124 Å². The van der Waals surface area contributed by atoms with E-state index < -0.39 is 12.2 Å². The summed E-state index contributed by atoms with van der Waals surface area (Å²) in [5, 5.41) is 16.3. The van der Waals surface area contributed by atoms with Crippen molar-refractivity contribution in [2.75, 3.05) is 0 Å². The molecule has 0 fully saturated rings. The monoisotopic (exact) mass is 201 g/mol. The van der Waals surface area contributed by atoms with Gasteiger partial charge < -0.3 is 15.9 Å². The maximum Gasteiger partial charge on any atom is 1.00 e. The zero-order valence-corrected chi connectivity index (χ0v) is 15.2. The van der Waals surface area contributed by atoms with Crippen LogP contribution in [0.2, 0.25) is 0 Å². The molecule has 9 heteroatoms. The van der Waals surface area contributed by atoms with Crippen molar-refractivity contribution in [3.63, 3.8) is 0 Å². The first-order valence-electron chi connectivity index (χ1n) is 1.36. The van der Waals surface area contributed by atoms with Gasteiger partial charge in [0, 0.05) is 0 Å². The molecule has 0 aliphatic rings. The summed E-state index contributed by atoms with van der Waals surface area (Å²) in [6, 6.07) is 0. The minimum Gasteiger partial charge on any atom is -1.00 e. The quantitative estimate of drug-likeness (QED) is 0.340. The van der Waals surface area contributed by atoms with Crippen LogP contribution in [0.4, 0.5) is 9.59 Å². The molecular formula is C2H7NNa4O4. The maximum absolute atomic E-state index is 9.32. The number of carboxylic acid groups (broad SMARTS) is 2. The molecule has 0 unspecified atom stereocenters. The third-order valence-electron chi connectivity index (χ3n) is 0.214. The second kappa shape index (κ2) is 18.5. The molecule has 2 amide bonds. The van der Waals surface area contributed by atoms with Crippen LogP contribution in [0.5, 0.6) is 0 Å². The van der Waals surface area contributed by atoms with E-state index in [9.17, 15) is 9.59 Å². The first-order chi connectivity index (χ1) is 3.13. The van der Waals surface area contributed by atoms with Crippen molar-refractivity contribution in [2.45, 2.75) is 0 Å². The van der Waals surface area contributed by atoms with Gasteiger partial charge in [0.05, 0.1) is 0 Å². The molecule has 0 bridgehead atoms. The second-order valence-corrected chi connectivity index (χ2v) is 0.735. The Balaban J connectivity index is -0.00000000643. The fourth-order valence-corrected chi connectivity index (χ4v) is 0.0915. The van der Waals surface area contributed by atoms with E-state index in [1.165, 1.54) is 0 Å². The fourth-order valence-electron chi connectivity index (χ4n) is 0.0915. The zero-order valence-electron chi connectivity index (χ0n) is 11.2. The molecule has 11 heavy (non-hydrogen) atoms. The second-order valence-electron chi connectivity index (χ2n) is 0.735. The number of hydrogen-bond donors (Lipinski definition) is 3. The van der Waals surface area contributed by atoms with Crippen molar-refractivity contribution in [3.8, 4) is 0 Å². The van der Waals surface area contributed by atoms with Crippen LogP contribution in [0.25, 0.3) is 0 Å². The molecule has 0 aliphatic carbocycles. The average Bonchev–Trinajstić information content (AvgIpc) is 1.27. The molecule has 0 saturated carbocycles. The SMILES string of the molecule is O=C(O)NC(=O)O.[H-].[H-].[H-].[H-].[Na+].[Na+].[Na+].[Na+]. The van der Waals surface area contributed by atoms with E-state index in [1.807, 2.05) is 0 Å². The van der Waals surface area contributed by atoms with Gasteiger partial charge in [-0.1, -0.05) is 0 Å². The van der Waals surface area contributed by atoms with Crippen molar-refractivity contribution in [1.29, 1.82) is 0 Å². The van der Waals surface area contributed by atoms with Crippen LogP contribution in [0.1, 0.15) is 5.71 Å². The van der Waals surface area contributed by atoms with E-state index in [0.29, 0.717) is 0 Å². The summed E-state index contributed by atoms with van der Waals surface area (Å²) in [6.45, 7) is 0. The molecule has 0 rings (SSSR count). The molecule has 0 radical (unpaired) electrons. The number of amides is 2. The number of carbonyl (C=O) groups is 2. The minimum atomic E-state index is -1.56. The van der Waals surface area contributed by atoms with Gasteiger partial charge in [0.25, 0.3) is 0 Å². The van der Waals surface area contributed by atoms with Gasteiger partial charge in [0.2, 0.25) is 0 Å². The van der Waals surface area contributed by atoms with E-state index in [2.05, 4.69) is 0 Å². The van der Waals surface area contributed by atoms with Gasteiger partial charge in [-0.05, 0) is 0 Å². The summed E-state index contributed by atoms with van der Waals surface area (Å²) in [7, 11) is 0. The zero-order chi connectivity index (χ0) is 5.86. The van der Waals surface area contributed by atoms with E-state index in [0.717, 1.165) is 5.32 Å². The normalized spacial score (nSPS) is 4.73. The molecule has 0 aliphatic heterocycles. The van der Waals surface area contributed by atoms with Crippen LogP contribution >= 0.6 is 0 Å². The first kappa shape index (κ1) is 29.2. The van der Waals surface area contributed by atoms with Gasteiger partial charge in [0.15, 0.2) is 0 Å². The number of hydrogen-bond acceptors (Lipinski definition) is 2. The third-order valence-corrected chi connectivity index (χ3v) is 0.214. The van der Waals surface area contributed by atoms with E-state index in [1.54, 1.807) is 0 Å². The Bertz CT molecular complexity index is 109. The van der Waals surface area contributed by atoms with E-state index >= 15 is 0 Å². The Morgan fingerprint density at radius 3 is 1.09 bits per heavy atom. The van der Waals surface area contributed by atoms with Gasteiger partial charge in [-0.3, -0.25) is 0 Å². The van der Waals surface area contributed by atoms with Gasteiger partial charge in [-0.25, -0.2) is 14.9 Å². The molecule has 0 aromatic carbocycles. The molecule has 3 N–H and O–H groups in total. The van der Waals surface area contributed by atoms with E-state index in [4.69, 9.17) is 10.2 Å². The van der Waals surface area contributed by atoms with Crippen molar-refractivity contribution < 1.29 is 144 Å². The smallest absolute Gasteiger partial charge is 1.00 e. The molecule has 0 saturated heterocycles. The summed E-state index contributed by atoms with van der Waals surface area (Å²) in [5.41, 5.74) is 0. The first-order valence-corrected chi connectivity index (χ1v) is 1.36. The van der Waals surface area contributed by atoms with Crippen molar-refractivity contribution in [3.05, 3.63) is 0 Å². The van der Waals surface area contributed by atoms with Gasteiger partial charge in [-0.2, -0.15) is 0 Å². The van der Waals surface area contributed by atoms with Crippen LogP contribution < -0.4 is 124 Å². The Kier molecular flexibility index (Phi) is 49.1. The van der Waals surface area contributed by atoms with Crippen LogP contribution in [-0.4, -0.2) is 22.4 Å². The summed E-state index contributed by atoms with van der Waals surface area (Å²) < 4.78 is 0. The topological polar surface area (TPSA) is 86.6 Å². The average molecular weight is 201 g/mol. The summed E-state index contributed by atoms with van der Waals surface area (Å²) >= 11 is 0. The number of imide groups is 1. The van der Waals surface area contributed by atoms with Crippen molar-refractivity contribution in [1.82, 2.24) is 5.32 Å². The van der Waals surface area contributed by atoms with Crippen LogP contribution in [-0.2, 0) is 0 Å². The Labute approximate surface area is 158 Å². The van der Waals surface area contributed by atoms with Gasteiger partial charge in [-0.15, -0.1) is 0 Å². The molecule has 48 valence electrons. The Morgan fingerprint density at radius 1 is 0.909 bits per heavy atom. The molecule has 5 nitrogen and oxygen atoms in total. The Morgan fingerprint density at radius 2 is 1.09 bits per heavy atom. The molecule has 0 aromatic heterocycles. The fraction of sp³-hybridized carbons (Fsp3) is 0. The number of nitrogens with one attached hydrogen (secondary N) is 1. The minimum absolute atomic E-state index is 0. The molecule has 0 heterocycles. The van der Waals surface area contributed by atoms with Crippen molar-refractivity contribution in [2.24, 2.45) is 0 Å². The summed E-state index contributed by atoms with van der Waals surface area (Å²) in [4.78, 5) is 18.6. The van der Waals surface area contributed by atoms with Crippen LogP contribution in [0.3, 0.4) is 0 Å². The number of rotatable bonds is 0. The van der Waals surface area contributed by atoms with Crippen LogP contribution in [0.15, 0.2) is 0 Å². The summed E-state index contributed by atoms with van der Waals surface area (Å²) in [6.07, 6.45) is -3.12. The Hall–Kier alpha value is 2.74. The standard InChI is InChI=1S/C2H3NO4.4Na.4H/c4-1(5)3-2(6)7;;;;;;;;/h3H,(H,4,5)(H,6,7);;;;;;;;/q;4*+1;4*-1. The van der Waals surface area contributed by atoms with Crippen LogP contribution in [0, 0.1) is 0 Å². The van der Waals surface area contributed by atoms with Crippen molar-refractivity contribution >= 4 is 12.2 Å². The van der Waals surface area contributed by atoms with Gasteiger partial charge in [0.1, 0.15) is 0 Å². The summed E-state index contributed by atoms with van der Waals surface area (Å²) in [5.74, 6) is 0. The predicted molar refractivity (Wildman–Crippen MR) is 23.6 cm³/mol. The molecule has 0 aromatic rings. The third kappa shape index (κ3) is 32.3. The van der Waals surface area contributed by atoms with Gasteiger partial charge >= 0.3 is 130 Å². The largest absolute Gasteiger partial charge is 1.00 e. The molecule has 0 atom stereocenters. The molecular weight excluding hydrogens is 194 g/mol. The predicted octanol–water partition coefficient (Wildman–Crippen LogP) is -11.6. The molecule has 0 spiro atoms. The maximum atomic E-state index is 9.32.